The summed E-state index contributed by atoms with van der Waals surface area (Å²) >= 11 is 0. The second-order valence-corrected chi connectivity index (χ2v) is 3.34. The van der Waals surface area contributed by atoms with E-state index in [4.69, 9.17) is 4.74 Å². The Bertz CT molecular complexity index is 582. The van der Waals surface area contributed by atoms with Crippen LogP contribution < -0.4 is 4.74 Å². The summed E-state index contributed by atoms with van der Waals surface area (Å²) < 4.78 is 31.8. The van der Waals surface area contributed by atoms with Crippen molar-refractivity contribution in [1.29, 1.82) is 0 Å². The Kier molecular flexibility index (Phi) is 3.27. The van der Waals surface area contributed by atoms with Gasteiger partial charge in [-0.3, -0.25) is 4.79 Å². The van der Waals surface area contributed by atoms with Crippen LogP contribution in [0.15, 0.2) is 30.6 Å². The van der Waals surface area contributed by atoms with Crippen LogP contribution in [-0.2, 0) is 0 Å². The molecular weight excluding hydrogens is 242 g/mol. The fourth-order valence-electron chi connectivity index (χ4n) is 1.46. The van der Waals surface area contributed by atoms with Crippen LogP contribution in [0.4, 0.5) is 8.78 Å². The van der Waals surface area contributed by atoms with Gasteiger partial charge >= 0.3 is 0 Å². The Hall–Kier alpha value is -2.37. The Labute approximate surface area is 101 Å². The lowest BCUT2D eigenvalue weighted by Gasteiger charge is -2.06. The van der Waals surface area contributed by atoms with Crippen molar-refractivity contribution in [2.24, 2.45) is 0 Å². The molecule has 0 atom stereocenters. The standard InChI is InChI=1S/C12H8F2N2O2/c1-18-12-10(15-5-6-16-12)11(17)9-7(13)3-2-4-8(9)14/h2-6H,1H3. The summed E-state index contributed by atoms with van der Waals surface area (Å²) in [6.07, 6.45) is 2.56. The van der Waals surface area contributed by atoms with E-state index in [1.54, 1.807) is 0 Å². The van der Waals surface area contributed by atoms with Gasteiger partial charge in [-0.25, -0.2) is 18.7 Å². The maximum Gasteiger partial charge on any atom is 0.243 e. The smallest absolute Gasteiger partial charge is 0.243 e. The summed E-state index contributed by atoms with van der Waals surface area (Å²) in [5, 5.41) is 0. The summed E-state index contributed by atoms with van der Waals surface area (Å²) in [7, 11) is 1.29. The second kappa shape index (κ2) is 4.87. The third kappa shape index (κ3) is 2.04. The van der Waals surface area contributed by atoms with E-state index >= 15 is 0 Å². The first-order valence-electron chi connectivity index (χ1n) is 4.99. The van der Waals surface area contributed by atoms with Crippen molar-refractivity contribution in [2.45, 2.75) is 0 Å². The molecule has 1 heterocycles. The van der Waals surface area contributed by atoms with Gasteiger partial charge in [0.2, 0.25) is 11.7 Å². The number of carbonyl (C=O) groups excluding carboxylic acids is 1. The van der Waals surface area contributed by atoms with Gasteiger partial charge in [0.25, 0.3) is 0 Å². The first-order chi connectivity index (χ1) is 8.65. The quantitative estimate of drug-likeness (QED) is 0.782. The Morgan fingerprint density at radius 1 is 1.17 bits per heavy atom. The van der Waals surface area contributed by atoms with Crippen molar-refractivity contribution in [2.75, 3.05) is 7.11 Å². The number of hydrogen-bond donors (Lipinski definition) is 0. The van der Waals surface area contributed by atoms with Crippen LogP contribution in [-0.4, -0.2) is 22.9 Å². The van der Waals surface area contributed by atoms with E-state index in [0.717, 1.165) is 12.1 Å². The SMILES string of the molecule is COc1nccnc1C(=O)c1c(F)cccc1F. The van der Waals surface area contributed by atoms with E-state index in [9.17, 15) is 13.6 Å². The molecule has 0 aliphatic heterocycles. The Morgan fingerprint density at radius 2 is 1.78 bits per heavy atom. The van der Waals surface area contributed by atoms with E-state index in [1.165, 1.54) is 25.6 Å². The van der Waals surface area contributed by atoms with Gasteiger partial charge in [0.15, 0.2) is 5.69 Å². The second-order valence-electron chi connectivity index (χ2n) is 3.34. The molecule has 0 spiro atoms. The average Bonchev–Trinajstić information content (AvgIpc) is 2.38. The molecule has 1 aromatic carbocycles. The number of ketones is 1. The zero-order valence-electron chi connectivity index (χ0n) is 9.35. The van der Waals surface area contributed by atoms with Crippen LogP contribution in [0.25, 0.3) is 0 Å². The average molecular weight is 250 g/mol. The number of carbonyl (C=O) groups is 1. The predicted octanol–water partition coefficient (Wildman–Crippen LogP) is 1.99. The number of rotatable bonds is 3. The van der Waals surface area contributed by atoms with Crippen LogP contribution >= 0.6 is 0 Å². The normalized spacial score (nSPS) is 10.2. The van der Waals surface area contributed by atoms with Gasteiger partial charge in [-0.15, -0.1) is 0 Å². The van der Waals surface area contributed by atoms with Crippen molar-refractivity contribution < 1.29 is 18.3 Å². The molecular formula is C12H8F2N2O2. The molecule has 0 unspecified atom stereocenters. The molecule has 0 aliphatic carbocycles. The van der Waals surface area contributed by atoms with Gasteiger partial charge in [0, 0.05) is 12.4 Å². The van der Waals surface area contributed by atoms with Crippen LogP contribution in [0.1, 0.15) is 16.1 Å². The minimum Gasteiger partial charge on any atom is -0.479 e. The molecule has 0 fully saturated rings. The molecule has 2 aromatic rings. The maximum absolute atomic E-state index is 13.5. The first-order valence-corrected chi connectivity index (χ1v) is 4.99. The molecule has 0 saturated heterocycles. The molecule has 1 aromatic heterocycles. The van der Waals surface area contributed by atoms with Crippen molar-refractivity contribution in [1.82, 2.24) is 9.97 Å². The zero-order chi connectivity index (χ0) is 13.1. The Morgan fingerprint density at radius 3 is 2.39 bits per heavy atom. The van der Waals surface area contributed by atoms with Gasteiger partial charge in [-0.05, 0) is 12.1 Å². The fraction of sp³-hybridized carbons (Fsp3) is 0.0833. The van der Waals surface area contributed by atoms with Crippen LogP contribution in [0.5, 0.6) is 5.88 Å². The number of benzene rings is 1. The number of ether oxygens (including phenoxy) is 1. The van der Waals surface area contributed by atoms with E-state index in [0.29, 0.717) is 0 Å². The highest BCUT2D eigenvalue weighted by molar-refractivity contribution is 6.09. The minimum absolute atomic E-state index is 0.0786. The summed E-state index contributed by atoms with van der Waals surface area (Å²) in [4.78, 5) is 19.5. The highest BCUT2D eigenvalue weighted by Crippen LogP contribution is 2.20. The third-order valence-corrected chi connectivity index (χ3v) is 2.26. The summed E-state index contributed by atoms with van der Waals surface area (Å²) in [5.41, 5.74) is -0.902. The van der Waals surface area contributed by atoms with Crippen molar-refractivity contribution >= 4 is 5.78 Å². The maximum atomic E-state index is 13.5. The monoisotopic (exact) mass is 250 g/mol. The minimum atomic E-state index is -0.951. The van der Waals surface area contributed by atoms with Crippen LogP contribution in [0, 0.1) is 11.6 Å². The lowest BCUT2D eigenvalue weighted by molar-refractivity contribution is 0.102. The van der Waals surface area contributed by atoms with Crippen LogP contribution in [0.2, 0.25) is 0 Å². The lowest BCUT2D eigenvalue weighted by Crippen LogP contribution is -2.11. The molecule has 0 amide bonds. The number of hydrogen-bond acceptors (Lipinski definition) is 4. The number of nitrogens with zero attached hydrogens (tertiary/aromatic N) is 2. The van der Waals surface area contributed by atoms with Crippen LogP contribution in [0.3, 0.4) is 0 Å². The number of methoxy groups -OCH3 is 1. The molecule has 0 bridgehead atoms. The van der Waals surface area contributed by atoms with E-state index in [-0.39, 0.29) is 11.6 Å². The summed E-state index contributed by atoms with van der Waals surface area (Å²) in [6.45, 7) is 0. The predicted molar refractivity (Wildman–Crippen MR) is 58.4 cm³/mol. The molecule has 0 radical (unpaired) electrons. The van der Waals surface area contributed by atoms with E-state index in [1.807, 2.05) is 0 Å². The van der Waals surface area contributed by atoms with Crippen molar-refractivity contribution in [3.05, 3.63) is 53.5 Å². The molecule has 92 valence electrons. The zero-order valence-corrected chi connectivity index (χ0v) is 9.35. The lowest BCUT2D eigenvalue weighted by atomic mass is 10.1. The molecule has 18 heavy (non-hydrogen) atoms. The van der Waals surface area contributed by atoms with Gasteiger partial charge in [-0.2, -0.15) is 0 Å². The molecule has 4 nitrogen and oxygen atoms in total. The number of aromatic nitrogens is 2. The van der Waals surface area contributed by atoms with Gasteiger partial charge in [-0.1, -0.05) is 6.07 Å². The summed E-state index contributed by atoms with van der Waals surface area (Å²) in [5.74, 6) is -2.89. The number of halogens is 2. The molecule has 2 rings (SSSR count). The first kappa shape index (κ1) is 12.1. The van der Waals surface area contributed by atoms with Crippen molar-refractivity contribution in [3.63, 3.8) is 0 Å². The highest BCUT2D eigenvalue weighted by Gasteiger charge is 2.23. The largest absolute Gasteiger partial charge is 0.479 e. The summed E-state index contributed by atoms with van der Waals surface area (Å²) in [6, 6.07) is 3.17. The van der Waals surface area contributed by atoms with Gasteiger partial charge in [0.1, 0.15) is 11.6 Å². The Balaban J connectivity index is 2.55. The highest BCUT2D eigenvalue weighted by atomic mass is 19.1. The van der Waals surface area contributed by atoms with Crippen molar-refractivity contribution in [3.8, 4) is 5.88 Å². The van der Waals surface area contributed by atoms with Gasteiger partial charge < -0.3 is 4.74 Å². The van der Waals surface area contributed by atoms with E-state index in [2.05, 4.69) is 9.97 Å². The molecule has 0 aliphatic rings. The fourth-order valence-corrected chi connectivity index (χ4v) is 1.46. The molecule has 0 N–H and O–H groups in total. The topological polar surface area (TPSA) is 52.1 Å². The molecule has 6 heteroatoms. The molecule has 0 saturated carbocycles. The van der Waals surface area contributed by atoms with E-state index < -0.39 is 23.0 Å². The third-order valence-electron chi connectivity index (χ3n) is 2.26. The van der Waals surface area contributed by atoms with Gasteiger partial charge in [0.05, 0.1) is 12.7 Å².